The van der Waals surface area contributed by atoms with Crippen LogP contribution in [0.2, 0.25) is 0 Å². The lowest BCUT2D eigenvalue weighted by Crippen LogP contribution is -2.44. The van der Waals surface area contributed by atoms with E-state index in [2.05, 4.69) is 30.2 Å². The molecule has 1 aliphatic rings. The first-order valence-corrected chi connectivity index (χ1v) is 9.82. The number of H-pyrrole nitrogens is 1. The Balaban J connectivity index is 1.43. The van der Waals surface area contributed by atoms with Crippen LogP contribution >= 0.6 is 0 Å². The van der Waals surface area contributed by atoms with E-state index in [-0.39, 0.29) is 17.9 Å². The van der Waals surface area contributed by atoms with E-state index in [0.29, 0.717) is 6.54 Å². The molecule has 0 spiro atoms. The van der Waals surface area contributed by atoms with Crippen molar-refractivity contribution >= 4 is 22.9 Å². The SMILES string of the molecule is Cc1cc(C)nc(N2CCC[C@H](C(=O)N[C@H](C)c3nc4ccccc4[nH]3)C2)n1. The van der Waals surface area contributed by atoms with Crippen molar-refractivity contribution in [1.82, 2.24) is 25.3 Å². The van der Waals surface area contributed by atoms with E-state index in [1.165, 1.54) is 0 Å². The maximum Gasteiger partial charge on any atom is 0.225 e. The fourth-order valence-corrected chi connectivity index (χ4v) is 3.80. The van der Waals surface area contributed by atoms with Gasteiger partial charge in [-0.3, -0.25) is 4.79 Å². The Morgan fingerprint density at radius 1 is 1.21 bits per heavy atom. The minimum Gasteiger partial charge on any atom is -0.346 e. The molecule has 2 atom stereocenters. The average molecular weight is 378 g/mol. The number of imidazole rings is 1. The lowest BCUT2D eigenvalue weighted by Gasteiger charge is -2.32. The van der Waals surface area contributed by atoms with Gasteiger partial charge >= 0.3 is 0 Å². The van der Waals surface area contributed by atoms with Crippen molar-refractivity contribution in [2.75, 3.05) is 18.0 Å². The quantitative estimate of drug-likeness (QED) is 0.729. The summed E-state index contributed by atoms with van der Waals surface area (Å²) in [5, 5.41) is 3.12. The van der Waals surface area contributed by atoms with Crippen LogP contribution in [0.15, 0.2) is 30.3 Å². The molecule has 1 saturated heterocycles. The zero-order valence-electron chi connectivity index (χ0n) is 16.6. The van der Waals surface area contributed by atoms with Crippen molar-refractivity contribution in [1.29, 1.82) is 0 Å². The average Bonchev–Trinajstić information content (AvgIpc) is 3.12. The van der Waals surface area contributed by atoms with Crippen molar-refractivity contribution in [3.05, 3.63) is 47.5 Å². The second kappa shape index (κ2) is 7.58. The number of piperidine rings is 1. The summed E-state index contributed by atoms with van der Waals surface area (Å²) in [5.74, 6) is 1.48. The van der Waals surface area contributed by atoms with Gasteiger partial charge in [-0.15, -0.1) is 0 Å². The number of nitrogens with one attached hydrogen (secondary N) is 2. The Labute approximate surface area is 164 Å². The van der Waals surface area contributed by atoms with Gasteiger partial charge in [0.25, 0.3) is 0 Å². The molecule has 7 nitrogen and oxygen atoms in total. The summed E-state index contributed by atoms with van der Waals surface area (Å²) in [6.45, 7) is 7.43. The third kappa shape index (κ3) is 3.83. The third-order valence-electron chi connectivity index (χ3n) is 5.22. The number of aryl methyl sites for hydroxylation is 2. The van der Waals surface area contributed by atoms with Crippen molar-refractivity contribution in [3.8, 4) is 0 Å². The predicted molar refractivity (Wildman–Crippen MR) is 109 cm³/mol. The zero-order valence-corrected chi connectivity index (χ0v) is 16.6. The Hall–Kier alpha value is -2.96. The van der Waals surface area contributed by atoms with Gasteiger partial charge in [0.15, 0.2) is 0 Å². The molecule has 1 amide bonds. The number of aromatic amines is 1. The first-order chi connectivity index (χ1) is 13.5. The van der Waals surface area contributed by atoms with Crippen molar-refractivity contribution in [2.45, 2.75) is 39.7 Å². The molecule has 4 rings (SSSR count). The Morgan fingerprint density at radius 3 is 2.71 bits per heavy atom. The maximum absolute atomic E-state index is 12.9. The molecule has 0 radical (unpaired) electrons. The highest BCUT2D eigenvalue weighted by atomic mass is 16.2. The molecule has 0 saturated carbocycles. The molecular formula is C21H26N6O. The molecule has 1 fully saturated rings. The highest BCUT2D eigenvalue weighted by Crippen LogP contribution is 2.22. The molecule has 1 aliphatic heterocycles. The third-order valence-corrected chi connectivity index (χ3v) is 5.22. The van der Waals surface area contributed by atoms with Crippen molar-refractivity contribution in [2.24, 2.45) is 5.92 Å². The summed E-state index contributed by atoms with van der Waals surface area (Å²) in [5.41, 5.74) is 3.80. The molecule has 0 bridgehead atoms. The number of aromatic nitrogens is 4. The molecule has 0 unspecified atom stereocenters. The van der Waals surface area contributed by atoms with E-state index < -0.39 is 0 Å². The maximum atomic E-state index is 12.9. The summed E-state index contributed by atoms with van der Waals surface area (Å²) in [7, 11) is 0. The number of amides is 1. The van der Waals surface area contributed by atoms with Crippen molar-refractivity contribution < 1.29 is 4.79 Å². The van der Waals surface area contributed by atoms with Gasteiger partial charge in [0, 0.05) is 24.5 Å². The van der Waals surface area contributed by atoms with E-state index in [1.54, 1.807) is 0 Å². The fourth-order valence-electron chi connectivity index (χ4n) is 3.80. The van der Waals surface area contributed by atoms with Crippen LogP contribution in [-0.4, -0.2) is 38.9 Å². The summed E-state index contributed by atoms with van der Waals surface area (Å²) < 4.78 is 0. The zero-order chi connectivity index (χ0) is 19.7. The Morgan fingerprint density at radius 2 is 1.96 bits per heavy atom. The molecule has 146 valence electrons. The minimum atomic E-state index is -0.173. The number of hydrogen-bond acceptors (Lipinski definition) is 5. The molecule has 28 heavy (non-hydrogen) atoms. The molecule has 7 heteroatoms. The topological polar surface area (TPSA) is 86.8 Å². The van der Waals surface area contributed by atoms with E-state index in [9.17, 15) is 4.79 Å². The van der Waals surface area contributed by atoms with E-state index in [1.807, 2.05) is 51.1 Å². The number of carbonyl (C=O) groups excluding carboxylic acids is 1. The first kappa shape index (κ1) is 18.4. The van der Waals surface area contributed by atoms with Gasteiger partial charge in [-0.05, 0) is 51.8 Å². The number of carbonyl (C=O) groups is 1. The number of benzene rings is 1. The number of hydrogen-bond donors (Lipinski definition) is 2. The largest absolute Gasteiger partial charge is 0.346 e. The van der Waals surface area contributed by atoms with Crippen LogP contribution in [0.3, 0.4) is 0 Å². The lowest BCUT2D eigenvalue weighted by molar-refractivity contribution is -0.126. The van der Waals surface area contributed by atoms with Gasteiger partial charge in [0.1, 0.15) is 5.82 Å². The Kier molecular flexibility index (Phi) is 4.98. The highest BCUT2D eigenvalue weighted by molar-refractivity contribution is 5.80. The van der Waals surface area contributed by atoms with E-state index in [0.717, 1.165) is 53.6 Å². The predicted octanol–water partition coefficient (Wildman–Crippen LogP) is 3.06. The summed E-state index contributed by atoms with van der Waals surface area (Å²) in [4.78, 5) is 32.0. The smallest absolute Gasteiger partial charge is 0.225 e. The fraction of sp³-hybridized carbons (Fsp3) is 0.429. The number of fused-ring (bicyclic) bond motifs is 1. The minimum absolute atomic E-state index is 0.0574. The van der Waals surface area contributed by atoms with Crippen LogP contribution in [0.25, 0.3) is 11.0 Å². The second-order valence-electron chi connectivity index (χ2n) is 7.61. The molecule has 3 heterocycles. The van der Waals surface area contributed by atoms with Crippen LogP contribution in [0.4, 0.5) is 5.95 Å². The molecule has 2 N–H and O–H groups in total. The lowest BCUT2D eigenvalue weighted by atomic mass is 9.97. The summed E-state index contributed by atoms with van der Waals surface area (Å²) in [6, 6.07) is 9.68. The highest BCUT2D eigenvalue weighted by Gasteiger charge is 2.28. The normalized spacial score (nSPS) is 18.2. The summed E-state index contributed by atoms with van der Waals surface area (Å²) in [6.07, 6.45) is 1.83. The molecule has 2 aromatic heterocycles. The van der Waals surface area contributed by atoms with E-state index in [4.69, 9.17) is 0 Å². The van der Waals surface area contributed by atoms with Gasteiger partial charge in [0.2, 0.25) is 11.9 Å². The van der Waals surface area contributed by atoms with Crippen molar-refractivity contribution in [3.63, 3.8) is 0 Å². The van der Waals surface area contributed by atoms with Crippen LogP contribution in [0, 0.1) is 19.8 Å². The number of rotatable bonds is 4. The van der Waals surface area contributed by atoms with Crippen LogP contribution in [0.5, 0.6) is 0 Å². The molecule has 3 aromatic rings. The number of anilines is 1. The molecule has 0 aliphatic carbocycles. The standard InChI is InChI=1S/C21H26N6O/c1-13-11-14(2)23-21(22-13)27-10-6-7-16(12-27)20(28)24-15(3)19-25-17-8-4-5-9-18(17)26-19/h4-5,8-9,11,15-16H,6-7,10,12H2,1-3H3,(H,24,28)(H,25,26)/t15-,16+/m1/s1. The molecular weight excluding hydrogens is 352 g/mol. The van der Waals surface area contributed by atoms with Crippen LogP contribution in [-0.2, 0) is 4.79 Å². The van der Waals surface area contributed by atoms with Crippen LogP contribution < -0.4 is 10.2 Å². The number of para-hydroxylation sites is 2. The Bertz CT molecular complexity index is 944. The van der Waals surface area contributed by atoms with Gasteiger partial charge in [-0.2, -0.15) is 0 Å². The van der Waals surface area contributed by atoms with Crippen LogP contribution in [0.1, 0.15) is 43.0 Å². The van der Waals surface area contributed by atoms with Gasteiger partial charge in [-0.25, -0.2) is 15.0 Å². The number of nitrogens with zero attached hydrogens (tertiary/aromatic N) is 4. The van der Waals surface area contributed by atoms with E-state index >= 15 is 0 Å². The monoisotopic (exact) mass is 378 g/mol. The van der Waals surface area contributed by atoms with Gasteiger partial charge < -0.3 is 15.2 Å². The second-order valence-corrected chi connectivity index (χ2v) is 7.61. The molecule has 1 aromatic carbocycles. The van der Waals surface area contributed by atoms with Gasteiger partial charge in [0.05, 0.1) is 23.0 Å². The van der Waals surface area contributed by atoms with Gasteiger partial charge in [-0.1, -0.05) is 12.1 Å². The first-order valence-electron chi connectivity index (χ1n) is 9.82. The summed E-state index contributed by atoms with van der Waals surface area (Å²) >= 11 is 0.